The largest absolute Gasteiger partial charge is 0.490 e. The van der Waals surface area contributed by atoms with E-state index < -0.39 is 0 Å². The third-order valence-electron chi connectivity index (χ3n) is 3.24. The van der Waals surface area contributed by atoms with Gasteiger partial charge in [0.2, 0.25) is 0 Å². The standard InChI is InChI=1S/C19H22INO3/c1-3-11-23-17-10-9-14(13-18(17)24-12-4-2)21-19(22)15-7-5-6-8-16(15)20/h5-10,13H,3-4,11-12H2,1-2H3,(H,21,22). The number of benzene rings is 2. The maximum atomic E-state index is 12.4. The summed E-state index contributed by atoms with van der Waals surface area (Å²) in [7, 11) is 0. The molecular weight excluding hydrogens is 417 g/mol. The van der Waals surface area contributed by atoms with E-state index in [1.54, 1.807) is 0 Å². The highest BCUT2D eigenvalue weighted by atomic mass is 127. The van der Waals surface area contributed by atoms with Crippen molar-refractivity contribution in [2.75, 3.05) is 18.5 Å². The Hall–Kier alpha value is -1.76. The second-order valence-corrected chi connectivity index (χ2v) is 6.45. The monoisotopic (exact) mass is 439 g/mol. The molecule has 2 aromatic rings. The third-order valence-corrected chi connectivity index (χ3v) is 4.18. The van der Waals surface area contributed by atoms with Crippen LogP contribution in [0.3, 0.4) is 0 Å². The van der Waals surface area contributed by atoms with Crippen molar-refractivity contribution in [3.05, 3.63) is 51.6 Å². The van der Waals surface area contributed by atoms with Crippen LogP contribution in [0.5, 0.6) is 11.5 Å². The van der Waals surface area contributed by atoms with Crippen LogP contribution in [0.1, 0.15) is 37.0 Å². The van der Waals surface area contributed by atoms with E-state index in [9.17, 15) is 4.79 Å². The van der Waals surface area contributed by atoms with Gasteiger partial charge in [0.05, 0.1) is 18.8 Å². The quantitative estimate of drug-likeness (QED) is 0.581. The SMILES string of the molecule is CCCOc1ccc(NC(=O)c2ccccc2I)cc1OCCC. The normalized spacial score (nSPS) is 10.3. The van der Waals surface area contributed by atoms with Crippen LogP contribution < -0.4 is 14.8 Å². The van der Waals surface area contributed by atoms with Crippen molar-refractivity contribution in [2.24, 2.45) is 0 Å². The smallest absolute Gasteiger partial charge is 0.256 e. The minimum absolute atomic E-state index is 0.135. The van der Waals surface area contributed by atoms with Gasteiger partial charge in [0.15, 0.2) is 11.5 Å². The molecule has 128 valence electrons. The Morgan fingerprint density at radius 2 is 1.67 bits per heavy atom. The van der Waals surface area contributed by atoms with Gasteiger partial charge in [-0.25, -0.2) is 0 Å². The molecule has 1 N–H and O–H groups in total. The van der Waals surface area contributed by atoms with Gasteiger partial charge in [-0.3, -0.25) is 4.79 Å². The lowest BCUT2D eigenvalue weighted by atomic mass is 10.2. The first kappa shape index (κ1) is 18.6. The summed E-state index contributed by atoms with van der Waals surface area (Å²) in [6.07, 6.45) is 1.84. The summed E-state index contributed by atoms with van der Waals surface area (Å²) in [6, 6.07) is 13.0. The predicted octanol–water partition coefficient (Wildman–Crippen LogP) is 5.12. The number of carbonyl (C=O) groups is 1. The molecule has 5 heteroatoms. The van der Waals surface area contributed by atoms with E-state index in [2.05, 4.69) is 41.8 Å². The Balaban J connectivity index is 2.17. The summed E-state index contributed by atoms with van der Waals surface area (Å²) in [5.74, 6) is 1.23. The molecule has 2 aromatic carbocycles. The Labute approximate surface area is 156 Å². The first-order chi connectivity index (χ1) is 11.7. The molecule has 0 aromatic heterocycles. The number of halogens is 1. The van der Waals surface area contributed by atoms with E-state index in [-0.39, 0.29) is 5.91 Å². The fraction of sp³-hybridized carbons (Fsp3) is 0.316. The van der Waals surface area contributed by atoms with Crippen LogP contribution >= 0.6 is 22.6 Å². The summed E-state index contributed by atoms with van der Waals surface area (Å²) < 4.78 is 12.4. The molecule has 24 heavy (non-hydrogen) atoms. The van der Waals surface area contributed by atoms with Gasteiger partial charge < -0.3 is 14.8 Å². The summed E-state index contributed by atoms with van der Waals surface area (Å²) in [4.78, 5) is 12.4. The summed E-state index contributed by atoms with van der Waals surface area (Å²) in [5, 5.41) is 2.92. The molecule has 0 heterocycles. The highest BCUT2D eigenvalue weighted by Crippen LogP contribution is 2.31. The van der Waals surface area contributed by atoms with Crippen molar-refractivity contribution in [2.45, 2.75) is 26.7 Å². The summed E-state index contributed by atoms with van der Waals surface area (Å²) >= 11 is 2.16. The average molecular weight is 439 g/mol. The minimum atomic E-state index is -0.135. The Morgan fingerprint density at radius 1 is 1.00 bits per heavy atom. The molecule has 4 nitrogen and oxygen atoms in total. The average Bonchev–Trinajstić information content (AvgIpc) is 2.59. The van der Waals surface area contributed by atoms with Gasteiger partial charge in [-0.1, -0.05) is 26.0 Å². The molecule has 0 fully saturated rings. The maximum Gasteiger partial charge on any atom is 0.256 e. The zero-order valence-corrected chi connectivity index (χ0v) is 16.1. The number of hydrogen-bond donors (Lipinski definition) is 1. The van der Waals surface area contributed by atoms with Crippen LogP contribution in [0, 0.1) is 3.57 Å². The van der Waals surface area contributed by atoms with Gasteiger partial charge in [-0.05, 0) is 59.7 Å². The summed E-state index contributed by atoms with van der Waals surface area (Å²) in [5.41, 5.74) is 1.34. The third kappa shape index (κ3) is 5.12. The number of hydrogen-bond acceptors (Lipinski definition) is 3. The van der Waals surface area contributed by atoms with Gasteiger partial charge >= 0.3 is 0 Å². The number of anilines is 1. The molecule has 0 radical (unpaired) electrons. The molecule has 0 aliphatic carbocycles. The van der Waals surface area contributed by atoms with Crippen molar-refractivity contribution in [3.8, 4) is 11.5 Å². The van der Waals surface area contributed by atoms with Gasteiger partial charge in [-0.2, -0.15) is 0 Å². The molecular formula is C19H22INO3. The molecule has 0 aliphatic rings. The summed E-state index contributed by atoms with van der Waals surface area (Å²) in [6.45, 7) is 5.35. The molecule has 0 saturated carbocycles. The van der Waals surface area contributed by atoms with E-state index >= 15 is 0 Å². The second-order valence-electron chi connectivity index (χ2n) is 5.29. The van der Waals surface area contributed by atoms with Crippen molar-refractivity contribution >= 4 is 34.2 Å². The number of carbonyl (C=O) groups excluding carboxylic acids is 1. The Bertz CT molecular complexity index is 688. The van der Waals surface area contributed by atoms with Gasteiger partial charge in [-0.15, -0.1) is 0 Å². The lowest BCUT2D eigenvalue weighted by molar-refractivity contribution is 0.102. The van der Waals surface area contributed by atoms with Crippen LogP contribution in [0.4, 0.5) is 5.69 Å². The van der Waals surface area contributed by atoms with Crippen molar-refractivity contribution in [3.63, 3.8) is 0 Å². The van der Waals surface area contributed by atoms with E-state index in [0.29, 0.717) is 36.0 Å². The molecule has 0 saturated heterocycles. The van der Waals surface area contributed by atoms with Crippen molar-refractivity contribution in [1.29, 1.82) is 0 Å². The van der Waals surface area contributed by atoms with Crippen molar-refractivity contribution in [1.82, 2.24) is 0 Å². The lowest BCUT2D eigenvalue weighted by Gasteiger charge is -2.14. The van der Waals surface area contributed by atoms with E-state index in [4.69, 9.17) is 9.47 Å². The topological polar surface area (TPSA) is 47.6 Å². The zero-order chi connectivity index (χ0) is 17.4. The number of amides is 1. The van der Waals surface area contributed by atoms with Crippen LogP contribution in [0.2, 0.25) is 0 Å². The molecule has 1 amide bonds. The second kappa shape index (κ2) is 9.52. The predicted molar refractivity (Wildman–Crippen MR) is 105 cm³/mol. The van der Waals surface area contributed by atoms with Crippen LogP contribution in [0.15, 0.2) is 42.5 Å². The lowest BCUT2D eigenvalue weighted by Crippen LogP contribution is -2.13. The van der Waals surface area contributed by atoms with Gasteiger partial charge in [0, 0.05) is 15.3 Å². The first-order valence-corrected chi connectivity index (χ1v) is 9.19. The van der Waals surface area contributed by atoms with E-state index in [0.717, 1.165) is 16.4 Å². The number of ether oxygens (including phenoxy) is 2. The number of rotatable bonds is 8. The van der Waals surface area contributed by atoms with Crippen LogP contribution in [0.25, 0.3) is 0 Å². The first-order valence-electron chi connectivity index (χ1n) is 8.11. The van der Waals surface area contributed by atoms with Crippen LogP contribution in [-0.2, 0) is 0 Å². The maximum absolute atomic E-state index is 12.4. The van der Waals surface area contributed by atoms with E-state index in [1.165, 1.54) is 0 Å². The van der Waals surface area contributed by atoms with Crippen LogP contribution in [-0.4, -0.2) is 19.1 Å². The molecule has 0 unspecified atom stereocenters. The fourth-order valence-corrected chi connectivity index (χ4v) is 2.72. The molecule has 0 atom stereocenters. The highest BCUT2D eigenvalue weighted by Gasteiger charge is 2.12. The molecule has 0 spiro atoms. The molecule has 0 aliphatic heterocycles. The zero-order valence-electron chi connectivity index (χ0n) is 14.0. The molecule has 0 bridgehead atoms. The minimum Gasteiger partial charge on any atom is -0.490 e. The van der Waals surface area contributed by atoms with E-state index in [1.807, 2.05) is 42.5 Å². The highest BCUT2D eigenvalue weighted by molar-refractivity contribution is 14.1. The Kier molecular flexibility index (Phi) is 7.36. The Morgan fingerprint density at radius 3 is 2.33 bits per heavy atom. The fourth-order valence-electron chi connectivity index (χ4n) is 2.09. The van der Waals surface area contributed by atoms with Gasteiger partial charge in [0.1, 0.15) is 0 Å². The molecule has 2 rings (SSSR count). The number of nitrogens with one attached hydrogen (secondary N) is 1. The van der Waals surface area contributed by atoms with Gasteiger partial charge in [0.25, 0.3) is 5.91 Å². The van der Waals surface area contributed by atoms with Crippen molar-refractivity contribution < 1.29 is 14.3 Å².